The van der Waals surface area contributed by atoms with E-state index >= 15 is 0 Å². The molecule has 0 aromatic heterocycles. The quantitative estimate of drug-likeness (QED) is 0.694. The van der Waals surface area contributed by atoms with Gasteiger partial charge in [-0.1, -0.05) is 19.8 Å². The summed E-state index contributed by atoms with van der Waals surface area (Å²) in [7, 11) is 2.12. The molecule has 1 saturated carbocycles. The molecule has 0 bridgehead atoms. The second kappa shape index (κ2) is 3.82. The van der Waals surface area contributed by atoms with Gasteiger partial charge in [0.15, 0.2) is 0 Å². The zero-order chi connectivity index (χ0) is 10.2. The monoisotopic (exact) mass is 197 g/mol. The summed E-state index contributed by atoms with van der Waals surface area (Å²) in [5.41, 5.74) is -0.358. The van der Waals surface area contributed by atoms with Crippen LogP contribution < -0.4 is 0 Å². The van der Waals surface area contributed by atoms with Crippen molar-refractivity contribution in [3.63, 3.8) is 0 Å². The average molecular weight is 197 g/mol. The van der Waals surface area contributed by atoms with Gasteiger partial charge in [0.25, 0.3) is 0 Å². The van der Waals surface area contributed by atoms with E-state index in [9.17, 15) is 5.11 Å². The van der Waals surface area contributed by atoms with Crippen LogP contribution in [0.25, 0.3) is 0 Å². The fraction of sp³-hybridized carbons (Fsp3) is 1.00. The minimum Gasteiger partial charge on any atom is -0.388 e. The molecule has 3 atom stereocenters. The maximum absolute atomic E-state index is 10.6. The zero-order valence-corrected chi connectivity index (χ0v) is 9.50. The standard InChI is InChI=1S/C12H23NO/c1-10-4-3-5-11(8-10)12(14)6-7-13(2)9-12/h10-11,14H,3-9H2,1-2H3. The van der Waals surface area contributed by atoms with E-state index in [0.717, 1.165) is 25.4 Å². The van der Waals surface area contributed by atoms with Gasteiger partial charge in [-0.15, -0.1) is 0 Å². The summed E-state index contributed by atoms with van der Waals surface area (Å²) < 4.78 is 0. The van der Waals surface area contributed by atoms with Crippen molar-refractivity contribution in [1.29, 1.82) is 0 Å². The van der Waals surface area contributed by atoms with E-state index in [0.29, 0.717) is 5.92 Å². The van der Waals surface area contributed by atoms with E-state index < -0.39 is 0 Å². The molecule has 1 heterocycles. The molecule has 0 aromatic rings. The predicted octanol–water partition coefficient (Wildman–Crippen LogP) is 1.88. The lowest BCUT2D eigenvalue weighted by molar-refractivity contribution is -0.0293. The van der Waals surface area contributed by atoms with Crippen molar-refractivity contribution in [3.05, 3.63) is 0 Å². The lowest BCUT2D eigenvalue weighted by atomic mass is 9.73. The molecule has 2 fully saturated rings. The fourth-order valence-electron chi connectivity index (χ4n) is 3.27. The lowest BCUT2D eigenvalue weighted by Gasteiger charge is -2.37. The third kappa shape index (κ3) is 1.96. The summed E-state index contributed by atoms with van der Waals surface area (Å²) in [5.74, 6) is 1.39. The molecule has 2 nitrogen and oxygen atoms in total. The van der Waals surface area contributed by atoms with Crippen LogP contribution in [0.2, 0.25) is 0 Å². The Hall–Kier alpha value is -0.0800. The Morgan fingerprint density at radius 3 is 2.71 bits per heavy atom. The molecule has 1 aliphatic carbocycles. The molecule has 0 radical (unpaired) electrons. The van der Waals surface area contributed by atoms with Crippen LogP contribution in [0.1, 0.15) is 39.0 Å². The molecule has 0 aromatic carbocycles. The molecule has 1 aliphatic heterocycles. The molecule has 1 N–H and O–H groups in total. The van der Waals surface area contributed by atoms with Gasteiger partial charge in [0, 0.05) is 13.1 Å². The maximum Gasteiger partial charge on any atom is 0.0814 e. The van der Waals surface area contributed by atoms with Crippen LogP contribution in [-0.4, -0.2) is 35.7 Å². The molecule has 0 spiro atoms. The van der Waals surface area contributed by atoms with Crippen molar-refractivity contribution >= 4 is 0 Å². The van der Waals surface area contributed by atoms with Crippen molar-refractivity contribution < 1.29 is 5.11 Å². The number of hydrogen-bond donors (Lipinski definition) is 1. The summed E-state index contributed by atoms with van der Waals surface area (Å²) in [5, 5.41) is 10.6. The highest BCUT2D eigenvalue weighted by molar-refractivity contribution is 4.95. The molecule has 2 aliphatic rings. The van der Waals surface area contributed by atoms with Gasteiger partial charge in [0.1, 0.15) is 0 Å². The van der Waals surface area contributed by atoms with Crippen molar-refractivity contribution in [2.75, 3.05) is 20.1 Å². The Bertz CT molecular complexity index is 206. The molecule has 14 heavy (non-hydrogen) atoms. The number of nitrogens with zero attached hydrogens (tertiary/aromatic N) is 1. The summed E-state index contributed by atoms with van der Waals surface area (Å²) in [6.07, 6.45) is 6.15. The Morgan fingerprint density at radius 2 is 2.14 bits per heavy atom. The molecule has 82 valence electrons. The van der Waals surface area contributed by atoms with Gasteiger partial charge in [-0.2, -0.15) is 0 Å². The highest BCUT2D eigenvalue weighted by Gasteiger charge is 2.42. The second-order valence-electron chi connectivity index (χ2n) is 5.56. The SMILES string of the molecule is CC1CCCC(C2(O)CCN(C)C2)C1. The highest BCUT2D eigenvalue weighted by atomic mass is 16.3. The van der Waals surface area contributed by atoms with E-state index in [4.69, 9.17) is 0 Å². The van der Waals surface area contributed by atoms with Crippen LogP contribution in [0.5, 0.6) is 0 Å². The van der Waals surface area contributed by atoms with Gasteiger partial charge in [-0.05, 0) is 38.1 Å². The molecule has 3 unspecified atom stereocenters. The van der Waals surface area contributed by atoms with E-state index in [1.54, 1.807) is 0 Å². The smallest absolute Gasteiger partial charge is 0.0814 e. The van der Waals surface area contributed by atoms with E-state index in [1.165, 1.54) is 25.7 Å². The van der Waals surface area contributed by atoms with Gasteiger partial charge >= 0.3 is 0 Å². The molecule has 2 heteroatoms. The number of β-amino-alcohol motifs (C(OH)–C–C–N with tert-alkyl or cyclic N) is 1. The van der Waals surface area contributed by atoms with Crippen molar-refractivity contribution in [2.45, 2.75) is 44.6 Å². The molecular formula is C12H23NO. The Kier molecular flexibility index (Phi) is 2.85. The third-order valence-corrected chi connectivity index (χ3v) is 4.17. The van der Waals surface area contributed by atoms with E-state index in [-0.39, 0.29) is 5.60 Å². The van der Waals surface area contributed by atoms with Crippen LogP contribution in [-0.2, 0) is 0 Å². The van der Waals surface area contributed by atoms with Gasteiger partial charge in [-0.3, -0.25) is 0 Å². The first-order chi connectivity index (χ1) is 6.60. The minimum atomic E-state index is -0.358. The first kappa shape index (κ1) is 10.4. The molecule has 0 amide bonds. The normalized spacial score (nSPS) is 45.6. The van der Waals surface area contributed by atoms with E-state index in [2.05, 4.69) is 18.9 Å². The molecule has 2 rings (SSSR count). The number of hydrogen-bond acceptors (Lipinski definition) is 2. The lowest BCUT2D eigenvalue weighted by Crippen LogP contribution is -2.42. The van der Waals surface area contributed by atoms with E-state index in [1.807, 2.05) is 0 Å². The average Bonchev–Trinajstić information content (AvgIpc) is 2.48. The Balaban J connectivity index is 1.99. The van der Waals surface area contributed by atoms with Gasteiger partial charge in [-0.25, -0.2) is 0 Å². The number of rotatable bonds is 1. The Morgan fingerprint density at radius 1 is 1.36 bits per heavy atom. The van der Waals surface area contributed by atoms with Crippen LogP contribution in [0.4, 0.5) is 0 Å². The third-order valence-electron chi connectivity index (χ3n) is 4.17. The van der Waals surface area contributed by atoms with Crippen molar-refractivity contribution in [1.82, 2.24) is 4.90 Å². The summed E-state index contributed by atoms with van der Waals surface area (Å²) >= 11 is 0. The first-order valence-electron chi connectivity index (χ1n) is 6.01. The summed E-state index contributed by atoms with van der Waals surface area (Å²) in [6, 6.07) is 0. The number of aliphatic hydroxyl groups is 1. The summed E-state index contributed by atoms with van der Waals surface area (Å²) in [4.78, 5) is 2.26. The minimum absolute atomic E-state index is 0.358. The van der Waals surface area contributed by atoms with Gasteiger partial charge in [0.05, 0.1) is 5.60 Å². The predicted molar refractivity (Wildman–Crippen MR) is 58.2 cm³/mol. The number of likely N-dealkylation sites (N-methyl/N-ethyl adjacent to an activating group) is 1. The van der Waals surface area contributed by atoms with Gasteiger partial charge < -0.3 is 10.0 Å². The Labute approximate surface area is 87.3 Å². The largest absolute Gasteiger partial charge is 0.388 e. The molecule has 1 saturated heterocycles. The first-order valence-corrected chi connectivity index (χ1v) is 6.01. The maximum atomic E-state index is 10.6. The van der Waals surface area contributed by atoms with Crippen LogP contribution >= 0.6 is 0 Å². The second-order valence-corrected chi connectivity index (χ2v) is 5.56. The fourth-order valence-corrected chi connectivity index (χ4v) is 3.27. The number of likely N-dealkylation sites (tertiary alicyclic amines) is 1. The zero-order valence-electron chi connectivity index (χ0n) is 9.50. The van der Waals surface area contributed by atoms with Crippen LogP contribution in [0.15, 0.2) is 0 Å². The highest BCUT2D eigenvalue weighted by Crippen LogP contribution is 2.39. The molecular weight excluding hydrogens is 174 g/mol. The van der Waals surface area contributed by atoms with Crippen LogP contribution in [0, 0.1) is 11.8 Å². The van der Waals surface area contributed by atoms with Gasteiger partial charge in [0.2, 0.25) is 0 Å². The van der Waals surface area contributed by atoms with Crippen molar-refractivity contribution in [2.24, 2.45) is 11.8 Å². The topological polar surface area (TPSA) is 23.5 Å². The van der Waals surface area contributed by atoms with Crippen molar-refractivity contribution in [3.8, 4) is 0 Å². The summed E-state index contributed by atoms with van der Waals surface area (Å²) in [6.45, 7) is 4.29. The van der Waals surface area contributed by atoms with Crippen LogP contribution in [0.3, 0.4) is 0 Å².